The van der Waals surface area contributed by atoms with Gasteiger partial charge in [-0.2, -0.15) is 13.2 Å². The van der Waals surface area contributed by atoms with Gasteiger partial charge in [-0.3, -0.25) is 0 Å². The lowest BCUT2D eigenvalue weighted by Gasteiger charge is -2.30. The summed E-state index contributed by atoms with van der Waals surface area (Å²) in [5, 5.41) is 10.4. The van der Waals surface area contributed by atoms with Gasteiger partial charge < -0.3 is 10.1 Å². The Kier molecular flexibility index (Phi) is 2.44. The van der Waals surface area contributed by atoms with Crippen LogP contribution in [0.2, 0.25) is 0 Å². The highest BCUT2D eigenvalue weighted by Gasteiger charge is 2.63. The van der Waals surface area contributed by atoms with Crippen LogP contribution in [0.5, 0.6) is 0 Å². The van der Waals surface area contributed by atoms with Crippen LogP contribution in [-0.4, -0.2) is 16.3 Å². The summed E-state index contributed by atoms with van der Waals surface area (Å²) >= 11 is 0. The molecule has 1 fully saturated rings. The van der Waals surface area contributed by atoms with Crippen LogP contribution in [0.15, 0.2) is 24.4 Å². The van der Waals surface area contributed by atoms with Gasteiger partial charge in [-0.15, -0.1) is 0 Å². The summed E-state index contributed by atoms with van der Waals surface area (Å²) in [6.45, 7) is 0. The molecule has 1 aromatic carbocycles. The van der Waals surface area contributed by atoms with E-state index >= 15 is 0 Å². The number of rotatable bonds is 2. The number of halogens is 4. The van der Waals surface area contributed by atoms with E-state index in [1.54, 1.807) is 0 Å². The predicted octanol–water partition coefficient (Wildman–Crippen LogP) is 3.47. The molecule has 1 atom stereocenters. The zero-order valence-corrected chi connectivity index (χ0v) is 9.76. The van der Waals surface area contributed by atoms with Crippen LogP contribution >= 0.6 is 0 Å². The van der Waals surface area contributed by atoms with Crippen molar-refractivity contribution in [3.05, 3.63) is 35.8 Å². The second-order valence-corrected chi connectivity index (χ2v) is 4.93. The van der Waals surface area contributed by atoms with Gasteiger partial charge in [-0.25, -0.2) is 4.39 Å². The van der Waals surface area contributed by atoms with Crippen molar-refractivity contribution >= 4 is 10.9 Å². The van der Waals surface area contributed by atoms with Crippen molar-refractivity contribution in [2.45, 2.75) is 24.6 Å². The van der Waals surface area contributed by atoms with Gasteiger partial charge in [0.05, 0.1) is 0 Å². The SMILES string of the molecule is OC(c1c[nH]c2cc(F)ccc12)(C1CC1)C(F)(F)F. The Morgan fingerprint density at radius 3 is 2.47 bits per heavy atom. The normalized spacial score (nSPS) is 19.6. The van der Waals surface area contributed by atoms with Crippen molar-refractivity contribution in [1.29, 1.82) is 0 Å². The molecule has 0 bridgehead atoms. The molecule has 0 saturated heterocycles. The van der Waals surface area contributed by atoms with Gasteiger partial charge in [0.1, 0.15) is 5.82 Å². The minimum absolute atomic E-state index is 0.202. The van der Waals surface area contributed by atoms with Crippen LogP contribution < -0.4 is 0 Å². The first kappa shape index (κ1) is 12.5. The summed E-state index contributed by atoms with van der Waals surface area (Å²) < 4.78 is 52.7. The molecular formula is C13H11F4NO. The van der Waals surface area contributed by atoms with E-state index in [9.17, 15) is 22.7 Å². The van der Waals surface area contributed by atoms with Gasteiger partial charge >= 0.3 is 6.18 Å². The summed E-state index contributed by atoms with van der Waals surface area (Å²) in [6.07, 6.45) is -2.96. The van der Waals surface area contributed by atoms with Crippen molar-refractivity contribution < 1.29 is 22.7 Å². The van der Waals surface area contributed by atoms with Gasteiger partial charge in [0.15, 0.2) is 5.60 Å². The van der Waals surface area contributed by atoms with E-state index in [0.717, 1.165) is 18.3 Å². The Balaban J connectivity index is 2.21. The molecule has 6 heteroatoms. The molecule has 0 spiro atoms. The second kappa shape index (κ2) is 3.72. The average molecular weight is 273 g/mol. The summed E-state index contributed by atoms with van der Waals surface area (Å²) in [5.74, 6) is -1.36. The van der Waals surface area contributed by atoms with Gasteiger partial charge in [-0.05, 0) is 31.0 Å². The number of hydrogen-bond donors (Lipinski definition) is 2. The molecule has 0 aliphatic heterocycles. The standard InChI is InChI=1S/C13H11F4NO/c14-8-3-4-9-10(6-18-11(9)5-8)12(19,7-1-2-7)13(15,16)17/h3-7,18-19H,1-2H2. The van der Waals surface area contributed by atoms with Crippen LogP contribution in [0.1, 0.15) is 18.4 Å². The molecule has 2 N–H and O–H groups in total. The van der Waals surface area contributed by atoms with E-state index in [4.69, 9.17) is 0 Å². The van der Waals surface area contributed by atoms with E-state index in [1.807, 2.05) is 0 Å². The van der Waals surface area contributed by atoms with Crippen molar-refractivity contribution in [3.8, 4) is 0 Å². The predicted molar refractivity (Wildman–Crippen MR) is 60.9 cm³/mol. The number of benzene rings is 1. The summed E-state index contributed by atoms with van der Waals surface area (Å²) in [4.78, 5) is 2.59. The molecule has 1 heterocycles. The van der Waals surface area contributed by atoms with E-state index < -0.39 is 23.5 Å². The first-order valence-corrected chi connectivity index (χ1v) is 5.90. The molecule has 3 rings (SSSR count). The summed E-state index contributed by atoms with van der Waals surface area (Å²) in [7, 11) is 0. The van der Waals surface area contributed by atoms with E-state index in [1.165, 1.54) is 6.07 Å². The maximum Gasteiger partial charge on any atom is 0.421 e. The zero-order chi connectivity index (χ0) is 13.8. The lowest BCUT2D eigenvalue weighted by atomic mass is 9.88. The number of fused-ring (bicyclic) bond motifs is 1. The second-order valence-electron chi connectivity index (χ2n) is 4.93. The Labute approximate surface area is 106 Å². The lowest BCUT2D eigenvalue weighted by Crippen LogP contribution is -2.44. The summed E-state index contributed by atoms with van der Waals surface area (Å²) in [6, 6.07) is 3.46. The Bertz CT molecular complexity index is 629. The molecule has 1 aliphatic rings. The van der Waals surface area contributed by atoms with Crippen molar-refractivity contribution in [2.75, 3.05) is 0 Å². The molecule has 1 aliphatic carbocycles. The molecular weight excluding hydrogens is 262 g/mol. The number of aliphatic hydroxyl groups is 1. The monoisotopic (exact) mass is 273 g/mol. The fraction of sp³-hybridized carbons (Fsp3) is 0.385. The van der Waals surface area contributed by atoms with Crippen LogP contribution in [0.3, 0.4) is 0 Å². The van der Waals surface area contributed by atoms with Gasteiger partial charge in [-0.1, -0.05) is 0 Å². The topological polar surface area (TPSA) is 36.0 Å². The third-order valence-corrected chi connectivity index (χ3v) is 3.65. The highest BCUT2D eigenvalue weighted by Crippen LogP contribution is 2.55. The lowest BCUT2D eigenvalue weighted by molar-refractivity contribution is -0.274. The van der Waals surface area contributed by atoms with Crippen molar-refractivity contribution in [2.24, 2.45) is 5.92 Å². The van der Waals surface area contributed by atoms with Crippen LogP contribution in [0.4, 0.5) is 17.6 Å². The first-order valence-electron chi connectivity index (χ1n) is 5.90. The molecule has 1 unspecified atom stereocenters. The minimum atomic E-state index is -4.75. The fourth-order valence-corrected chi connectivity index (χ4v) is 2.52. The van der Waals surface area contributed by atoms with Crippen LogP contribution in [-0.2, 0) is 5.60 Å². The number of nitrogens with one attached hydrogen (secondary N) is 1. The Hall–Kier alpha value is -1.56. The number of aromatic amines is 1. The molecule has 102 valence electrons. The van der Waals surface area contributed by atoms with E-state index in [2.05, 4.69) is 4.98 Å². The largest absolute Gasteiger partial charge is 0.421 e. The molecule has 1 aromatic heterocycles. The van der Waals surface area contributed by atoms with E-state index in [0.29, 0.717) is 12.8 Å². The maximum absolute atomic E-state index is 13.2. The van der Waals surface area contributed by atoms with Crippen molar-refractivity contribution in [3.63, 3.8) is 0 Å². The number of alkyl halides is 3. The van der Waals surface area contributed by atoms with Gasteiger partial charge in [0.2, 0.25) is 0 Å². The van der Waals surface area contributed by atoms with Crippen LogP contribution in [0.25, 0.3) is 10.9 Å². The molecule has 2 nitrogen and oxygen atoms in total. The molecule has 1 saturated carbocycles. The minimum Gasteiger partial charge on any atom is -0.376 e. The van der Waals surface area contributed by atoms with E-state index in [-0.39, 0.29) is 16.5 Å². The van der Waals surface area contributed by atoms with Crippen molar-refractivity contribution in [1.82, 2.24) is 4.98 Å². The molecule has 0 amide bonds. The highest BCUT2D eigenvalue weighted by atomic mass is 19.4. The zero-order valence-electron chi connectivity index (χ0n) is 9.76. The number of aromatic nitrogens is 1. The number of H-pyrrole nitrogens is 1. The molecule has 19 heavy (non-hydrogen) atoms. The third kappa shape index (κ3) is 1.74. The fourth-order valence-electron chi connectivity index (χ4n) is 2.52. The Morgan fingerprint density at radius 2 is 1.89 bits per heavy atom. The highest BCUT2D eigenvalue weighted by molar-refractivity contribution is 5.84. The average Bonchev–Trinajstić information content (AvgIpc) is 3.08. The summed E-state index contributed by atoms with van der Waals surface area (Å²) in [5.41, 5.74) is -2.83. The van der Waals surface area contributed by atoms with Crippen LogP contribution in [0, 0.1) is 11.7 Å². The smallest absolute Gasteiger partial charge is 0.376 e. The quantitative estimate of drug-likeness (QED) is 0.807. The van der Waals surface area contributed by atoms with Gasteiger partial charge in [0, 0.05) is 28.6 Å². The first-order chi connectivity index (χ1) is 8.84. The van der Waals surface area contributed by atoms with Gasteiger partial charge in [0.25, 0.3) is 0 Å². The Morgan fingerprint density at radius 1 is 1.21 bits per heavy atom. The molecule has 2 aromatic rings. The molecule has 0 radical (unpaired) electrons. The maximum atomic E-state index is 13.2. The third-order valence-electron chi connectivity index (χ3n) is 3.65. The number of hydrogen-bond acceptors (Lipinski definition) is 1.